The highest BCUT2D eigenvalue weighted by Gasteiger charge is 2.11. The molecule has 1 unspecified atom stereocenters. The summed E-state index contributed by atoms with van der Waals surface area (Å²) < 4.78 is 0. The van der Waals surface area contributed by atoms with E-state index in [4.69, 9.17) is 0 Å². The van der Waals surface area contributed by atoms with E-state index in [-0.39, 0.29) is 6.03 Å². The molecular formula is C11H24N4O. The molecule has 0 aromatic rings. The second kappa shape index (κ2) is 7.46. The van der Waals surface area contributed by atoms with Crippen molar-refractivity contribution < 1.29 is 4.79 Å². The van der Waals surface area contributed by atoms with Gasteiger partial charge in [-0.1, -0.05) is 6.42 Å². The van der Waals surface area contributed by atoms with Gasteiger partial charge < -0.3 is 20.9 Å². The number of urea groups is 1. The lowest BCUT2D eigenvalue weighted by Crippen LogP contribution is -2.44. The smallest absolute Gasteiger partial charge is 0.316 e. The van der Waals surface area contributed by atoms with E-state index in [0.29, 0.717) is 12.6 Å². The van der Waals surface area contributed by atoms with E-state index < -0.39 is 0 Å². The molecule has 0 radical (unpaired) electrons. The molecule has 1 aliphatic rings. The van der Waals surface area contributed by atoms with Crippen LogP contribution in [-0.4, -0.2) is 57.2 Å². The third-order valence-corrected chi connectivity index (χ3v) is 2.79. The largest absolute Gasteiger partial charge is 0.337 e. The van der Waals surface area contributed by atoms with E-state index in [9.17, 15) is 4.79 Å². The van der Waals surface area contributed by atoms with Gasteiger partial charge in [-0.3, -0.25) is 0 Å². The van der Waals surface area contributed by atoms with Gasteiger partial charge in [0.15, 0.2) is 0 Å². The normalized spacial score (nSPS) is 20.5. The van der Waals surface area contributed by atoms with Crippen molar-refractivity contribution in [3.63, 3.8) is 0 Å². The van der Waals surface area contributed by atoms with Crippen molar-refractivity contribution in [3.8, 4) is 0 Å². The molecule has 3 N–H and O–H groups in total. The standard InChI is InChI=1S/C11H24N4O/c1-15(2)11(16)14-8-7-12-9-10-5-3-4-6-13-10/h10,12-13H,3-9H2,1-2H3,(H,14,16). The molecule has 0 bridgehead atoms. The first-order valence-corrected chi connectivity index (χ1v) is 6.09. The van der Waals surface area contributed by atoms with E-state index in [1.165, 1.54) is 19.3 Å². The molecular weight excluding hydrogens is 204 g/mol. The van der Waals surface area contributed by atoms with Crippen LogP contribution in [0.1, 0.15) is 19.3 Å². The molecule has 1 rings (SSSR count). The van der Waals surface area contributed by atoms with Crippen LogP contribution < -0.4 is 16.0 Å². The van der Waals surface area contributed by atoms with Crippen molar-refractivity contribution in [2.75, 3.05) is 40.3 Å². The summed E-state index contributed by atoms with van der Waals surface area (Å²) in [5.74, 6) is 0. The Labute approximate surface area is 98.0 Å². The Balaban J connectivity index is 1.93. The predicted molar refractivity (Wildman–Crippen MR) is 65.6 cm³/mol. The highest BCUT2D eigenvalue weighted by molar-refractivity contribution is 5.73. The molecule has 0 spiro atoms. The number of hydrogen-bond donors (Lipinski definition) is 3. The summed E-state index contributed by atoms with van der Waals surface area (Å²) in [4.78, 5) is 12.7. The maximum Gasteiger partial charge on any atom is 0.316 e. The first kappa shape index (κ1) is 13.3. The van der Waals surface area contributed by atoms with E-state index in [1.54, 1.807) is 19.0 Å². The van der Waals surface area contributed by atoms with Crippen LogP contribution in [0.2, 0.25) is 0 Å². The van der Waals surface area contributed by atoms with Gasteiger partial charge in [-0.05, 0) is 19.4 Å². The summed E-state index contributed by atoms with van der Waals surface area (Å²) in [6, 6.07) is 0.580. The third-order valence-electron chi connectivity index (χ3n) is 2.79. The third kappa shape index (κ3) is 5.32. The van der Waals surface area contributed by atoms with Crippen molar-refractivity contribution in [2.45, 2.75) is 25.3 Å². The minimum Gasteiger partial charge on any atom is -0.337 e. The molecule has 0 aliphatic carbocycles. The fourth-order valence-corrected chi connectivity index (χ4v) is 1.79. The van der Waals surface area contributed by atoms with Crippen molar-refractivity contribution in [3.05, 3.63) is 0 Å². The Morgan fingerprint density at radius 2 is 2.19 bits per heavy atom. The molecule has 1 aliphatic heterocycles. The zero-order valence-electron chi connectivity index (χ0n) is 10.4. The van der Waals surface area contributed by atoms with Gasteiger partial charge in [0.1, 0.15) is 0 Å². The highest BCUT2D eigenvalue weighted by Crippen LogP contribution is 2.05. The van der Waals surface area contributed by atoms with Crippen molar-refractivity contribution in [1.29, 1.82) is 0 Å². The second-order valence-electron chi connectivity index (χ2n) is 4.48. The number of carbonyl (C=O) groups excluding carboxylic acids is 1. The van der Waals surface area contributed by atoms with Gasteiger partial charge in [0.05, 0.1) is 0 Å². The minimum absolute atomic E-state index is 0.0300. The Kier molecular flexibility index (Phi) is 6.18. The summed E-state index contributed by atoms with van der Waals surface area (Å²) in [5.41, 5.74) is 0. The second-order valence-corrected chi connectivity index (χ2v) is 4.48. The number of amides is 2. The Hall–Kier alpha value is -0.810. The molecule has 1 fully saturated rings. The van der Waals surface area contributed by atoms with Crippen LogP contribution in [0.4, 0.5) is 4.79 Å². The molecule has 5 heteroatoms. The van der Waals surface area contributed by atoms with E-state index in [1.807, 2.05) is 0 Å². The number of nitrogens with one attached hydrogen (secondary N) is 3. The molecule has 16 heavy (non-hydrogen) atoms. The van der Waals surface area contributed by atoms with Crippen LogP contribution in [0, 0.1) is 0 Å². The van der Waals surface area contributed by atoms with Gasteiger partial charge in [-0.2, -0.15) is 0 Å². The predicted octanol–water partition coefficient (Wildman–Crippen LogP) is -0.0107. The molecule has 94 valence electrons. The molecule has 0 aromatic carbocycles. The molecule has 5 nitrogen and oxygen atoms in total. The SMILES string of the molecule is CN(C)C(=O)NCCNCC1CCCCN1. The summed E-state index contributed by atoms with van der Waals surface area (Å²) in [7, 11) is 3.49. The van der Waals surface area contributed by atoms with Gasteiger partial charge in [0, 0.05) is 39.8 Å². The number of nitrogens with zero attached hydrogens (tertiary/aromatic N) is 1. The topological polar surface area (TPSA) is 56.4 Å². The van der Waals surface area contributed by atoms with Crippen LogP contribution in [0.5, 0.6) is 0 Å². The van der Waals surface area contributed by atoms with E-state index in [2.05, 4.69) is 16.0 Å². The maximum absolute atomic E-state index is 11.2. The summed E-state index contributed by atoms with van der Waals surface area (Å²) in [6.45, 7) is 3.66. The Morgan fingerprint density at radius 1 is 1.38 bits per heavy atom. The zero-order chi connectivity index (χ0) is 11.8. The van der Waals surface area contributed by atoms with Crippen LogP contribution >= 0.6 is 0 Å². The van der Waals surface area contributed by atoms with Crippen molar-refractivity contribution >= 4 is 6.03 Å². The van der Waals surface area contributed by atoms with Gasteiger partial charge in [-0.25, -0.2) is 4.79 Å². The Morgan fingerprint density at radius 3 is 2.81 bits per heavy atom. The average Bonchev–Trinajstić information content (AvgIpc) is 2.29. The lowest BCUT2D eigenvalue weighted by Gasteiger charge is -2.23. The van der Waals surface area contributed by atoms with Crippen LogP contribution in [0.3, 0.4) is 0 Å². The minimum atomic E-state index is -0.0300. The quantitative estimate of drug-likeness (QED) is 0.580. The number of rotatable bonds is 5. The average molecular weight is 228 g/mol. The lowest BCUT2D eigenvalue weighted by atomic mass is 10.1. The molecule has 1 atom stereocenters. The van der Waals surface area contributed by atoms with Crippen molar-refractivity contribution in [2.24, 2.45) is 0 Å². The lowest BCUT2D eigenvalue weighted by molar-refractivity contribution is 0.217. The molecule has 1 heterocycles. The van der Waals surface area contributed by atoms with Crippen LogP contribution in [0.15, 0.2) is 0 Å². The fourth-order valence-electron chi connectivity index (χ4n) is 1.79. The van der Waals surface area contributed by atoms with Crippen molar-refractivity contribution in [1.82, 2.24) is 20.9 Å². The fraction of sp³-hybridized carbons (Fsp3) is 0.909. The van der Waals surface area contributed by atoms with Crippen LogP contribution in [0.25, 0.3) is 0 Å². The van der Waals surface area contributed by atoms with Gasteiger partial charge in [-0.15, -0.1) is 0 Å². The molecule has 2 amide bonds. The summed E-state index contributed by atoms with van der Waals surface area (Å²) in [5, 5.41) is 9.66. The van der Waals surface area contributed by atoms with Gasteiger partial charge in [0.2, 0.25) is 0 Å². The highest BCUT2D eigenvalue weighted by atomic mass is 16.2. The Bertz CT molecular complexity index is 202. The first-order chi connectivity index (χ1) is 7.70. The van der Waals surface area contributed by atoms with Gasteiger partial charge >= 0.3 is 6.03 Å². The van der Waals surface area contributed by atoms with E-state index in [0.717, 1.165) is 19.6 Å². The summed E-state index contributed by atoms with van der Waals surface area (Å²) >= 11 is 0. The van der Waals surface area contributed by atoms with Crippen LogP contribution in [-0.2, 0) is 0 Å². The molecule has 1 saturated heterocycles. The maximum atomic E-state index is 11.2. The number of piperidine rings is 1. The first-order valence-electron chi connectivity index (χ1n) is 6.09. The van der Waals surface area contributed by atoms with E-state index >= 15 is 0 Å². The molecule has 0 aromatic heterocycles. The monoisotopic (exact) mass is 228 g/mol. The number of carbonyl (C=O) groups is 1. The zero-order valence-corrected chi connectivity index (χ0v) is 10.4. The van der Waals surface area contributed by atoms with Gasteiger partial charge in [0.25, 0.3) is 0 Å². The number of hydrogen-bond acceptors (Lipinski definition) is 3. The molecule has 0 saturated carbocycles. The summed E-state index contributed by atoms with van der Waals surface area (Å²) in [6.07, 6.45) is 3.89.